The number of rotatable bonds is 4. The molecule has 0 amide bonds. The van der Waals surface area contributed by atoms with E-state index in [1.807, 2.05) is 42.6 Å². The van der Waals surface area contributed by atoms with Gasteiger partial charge >= 0.3 is 0 Å². The van der Waals surface area contributed by atoms with Gasteiger partial charge in [-0.15, -0.1) is 0 Å². The van der Waals surface area contributed by atoms with Crippen molar-refractivity contribution in [2.24, 2.45) is 7.05 Å². The van der Waals surface area contributed by atoms with E-state index in [1.54, 1.807) is 53.8 Å². The number of hydrogen-bond donors (Lipinski definition) is 0. The van der Waals surface area contributed by atoms with Crippen LogP contribution in [0.2, 0.25) is 0 Å². The molecule has 0 fully saturated rings. The minimum atomic E-state index is -0.0290. The summed E-state index contributed by atoms with van der Waals surface area (Å²) in [6.07, 6.45) is 5.32. The van der Waals surface area contributed by atoms with Crippen molar-refractivity contribution in [3.63, 3.8) is 0 Å². The van der Waals surface area contributed by atoms with Crippen LogP contribution in [0.1, 0.15) is 11.1 Å². The Balaban J connectivity index is 1.72. The monoisotopic (exact) mass is 382 g/mol. The van der Waals surface area contributed by atoms with Gasteiger partial charge in [0.15, 0.2) is 0 Å². The third-order valence-electron chi connectivity index (χ3n) is 4.59. The zero-order chi connectivity index (χ0) is 20.4. The SMILES string of the molecule is Cc1cc(-c2cnn(-c3cc(Oc4ccccc4)ccc3C#N)c2)cn(C)c1=O. The summed E-state index contributed by atoms with van der Waals surface area (Å²) in [5.41, 5.74) is 3.46. The van der Waals surface area contributed by atoms with Gasteiger partial charge in [-0.2, -0.15) is 10.4 Å². The highest BCUT2D eigenvalue weighted by atomic mass is 16.5. The number of nitriles is 1. The first-order valence-corrected chi connectivity index (χ1v) is 9.05. The van der Waals surface area contributed by atoms with Gasteiger partial charge in [0.2, 0.25) is 0 Å². The highest BCUT2D eigenvalue weighted by Gasteiger charge is 2.11. The molecule has 4 rings (SSSR count). The first kappa shape index (κ1) is 18.3. The lowest BCUT2D eigenvalue weighted by atomic mass is 10.1. The summed E-state index contributed by atoms with van der Waals surface area (Å²) in [6, 6.07) is 18.7. The fourth-order valence-electron chi connectivity index (χ4n) is 3.12. The van der Waals surface area contributed by atoms with Crippen LogP contribution in [-0.4, -0.2) is 14.3 Å². The molecule has 0 N–H and O–H groups in total. The molecule has 0 radical (unpaired) electrons. The fraction of sp³-hybridized carbons (Fsp3) is 0.0870. The van der Waals surface area contributed by atoms with E-state index in [0.29, 0.717) is 28.3 Å². The molecule has 2 aromatic carbocycles. The van der Waals surface area contributed by atoms with E-state index in [2.05, 4.69) is 11.2 Å². The smallest absolute Gasteiger partial charge is 0.253 e. The Hall–Kier alpha value is -4.11. The van der Waals surface area contributed by atoms with E-state index < -0.39 is 0 Å². The molecule has 0 bridgehead atoms. The van der Waals surface area contributed by atoms with E-state index >= 15 is 0 Å². The normalized spacial score (nSPS) is 10.5. The van der Waals surface area contributed by atoms with Crippen molar-refractivity contribution < 1.29 is 4.74 Å². The van der Waals surface area contributed by atoms with Gasteiger partial charge in [0.1, 0.15) is 17.6 Å². The van der Waals surface area contributed by atoms with Gasteiger partial charge in [-0.3, -0.25) is 4.79 Å². The number of aryl methyl sites for hydroxylation is 2. The number of aromatic nitrogens is 3. The summed E-state index contributed by atoms with van der Waals surface area (Å²) in [4.78, 5) is 11.9. The van der Waals surface area contributed by atoms with Crippen LogP contribution in [0, 0.1) is 18.3 Å². The topological polar surface area (TPSA) is 72.8 Å². The van der Waals surface area contributed by atoms with Crippen LogP contribution in [0.15, 0.2) is 78.0 Å². The van der Waals surface area contributed by atoms with Gasteiger partial charge < -0.3 is 9.30 Å². The zero-order valence-electron chi connectivity index (χ0n) is 16.0. The van der Waals surface area contributed by atoms with Gasteiger partial charge in [-0.1, -0.05) is 18.2 Å². The number of nitrogens with zero attached hydrogens (tertiary/aromatic N) is 4. The third kappa shape index (κ3) is 3.66. The molecule has 29 heavy (non-hydrogen) atoms. The van der Waals surface area contributed by atoms with Gasteiger partial charge in [0.05, 0.1) is 17.4 Å². The molecule has 0 atom stereocenters. The predicted molar refractivity (Wildman–Crippen MR) is 110 cm³/mol. The maximum atomic E-state index is 11.9. The van der Waals surface area contributed by atoms with Crippen LogP contribution >= 0.6 is 0 Å². The summed E-state index contributed by atoms with van der Waals surface area (Å²) >= 11 is 0. The van der Waals surface area contributed by atoms with E-state index in [4.69, 9.17) is 4.74 Å². The maximum Gasteiger partial charge on any atom is 0.253 e. The maximum absolute atomic E-state index is 11.9. The largest absolute Gasteiger partial charge is 0.457 e. The third-order valence-corrected chi connectivity index (χ3v) is 4.59. The number of hydrogen-bond acceptors (Lipinski definition) is 4. The average molecular weight is 382 g/mol. The first-order valence-electron chi connectivity index (χ1n) is 9.05. The first-order chi connectivity index (χ1) is 14.0. The zero-order valence-corrected chi connectivity index (χ0v) is 16.0. The molecule has 6 heteroatoms. The lowest BCUT2D eigenvalue weighted by Gasteiger charge is -2.09. The van der Waals surface area contributed by atoms with Crippen molar-refractivity contribution in [2.75, 3.05) is 0 Å². The highest BCUT2D eigenvalue weighted by Crippen LogP contribution is 2.27. The van der Waals surface area contributed by atoms with Crippen LogP contribution < -0.4 is 10.3 Å². The highest BCUT2D eigenvalue weighted by molar-refractivity contribution is 5.63. The number of pyridine rings is 1. The molecule has 0 aliphatic carbocycles. The lowest BCUT2D eigenvalue weighted by molar-refractivity contribution is 0.482. The van der Waals surface area contributed by atoms with E-state index in [1.165, 1.54) is 0 Å². The van der Waals surface area contributed by atoms with Crippen molar-refractivity contribution in [2.45, 2.75) is 6.92 Å². The van der Waals surface area contributed by atoms with Gasteiger partial charge in [-0.25, -0.2) is 4.68 Å². The van der Waals surface area contributed by atoms with Crippen molar-refractivity contribution in [3.05, 3.63) is 94.7 Å². The Bertz CT molecular complexity index is 1250. The minimum absolute atomic E-state index is 0.0290. The Morgan fingerprint density at radius 1 is 1.00 bits per heavy atom. The van der Waals surface area contributed by atoms with Crippen LogP contribution in [0.5, 0.6) is 11.5 Å². The van der Waals surface area contributed by atoms with E-state index in [-0.39, 0.29) is 5.56 Å². The fourth-order valence-corrected chi connectivity index (χ4v) is 3.12. The molecule has 2 heterocycles. The second-order valence-corrected chi connectivity index (χ2v) is 6.71. The van der Waals surface area contributed by atoms with Crippen molar-refractivity contribution in [1.82, 2.24) is 14.3 Å². The molecule has 6 nitrogen and oxygen atoms in total. The van der Waals surface area contributed by atoms with Gasteiger partial charge in [-0.05, 0) is 37.3 Å². The lowest BCUT2D eigenvalue weighted by Crippen LogP contribution is -2.18. The Kier molecular flexibility index (Phi) is 4.71. The number of benzene rings is 2. The Morgan fingerprint density at radius 3 is 2.52 bits per heavy atom. The molecule has 0 aliphatic heterocycles. The molecule has 0 spiro atoms. The second kappa shape index (κ2) is 7.49. The standard InChI is InChI=1S/C23H18N4O2/c1-16-10-18(14-26(2)23(16)28)19-13-25-27(15-19)22-11-21(9-8-17(22)12-24)29-20-6-4-3-5-7-20/h3-11,13-15H,1-2H3. The van der Waals surface area contributed by atoms with Crippen LogP contribution in [0.3, 0.4) is 0 Å². The van der Waals surface area contributed by atoms with E-state index in [0.717, 1.165) is 11.1 Å². The second-order valence-electron chi connectivity index (χ2n) is 6.71. The summed E-state index contributed by atoms with van der Waals surface area (Å²) in [6.45, 7) is 1.79. The van der Waals surface area contributed by atoms with Crippen LogP contribution in [0.25, 0.3) is 16.8 Å². The van der Waals surface area contributed by atoms with Gasteiger partial charge in [0, 0.05) is 42.2 Å². The molecule has 0 saturated heterocycles. The van der Waals surface area contributed by atoms with Gasteiger partial charge in [0.25, 0.3) is 5.56 Å². The number of ether oxygens (including phenoxy) is 1. The van der Waals surface area contributed by atoms with Crippen molar-refractivity contribution >= 4 is 0 Å². The average Bonchev–Trinajstić information content (AvgIpc) is 3.22. The van der Waals surface area contributed by atoms with E-state index in [9.17, 15) is 10.1 Å². The number of para-hydroxylation sites is 1. The Morgan fingerprint density at radius 2 is 1.79 bits per heavy atom. The molecule has 142 valence electrons. The molecule has 4 aromatic rings. The summed E-state index contributed by atoms with van der Waals surface area (Å²) in [5, 5.41) is 13.9. The van der Waals surface area contributed by atoms with Crippen LogP contribution in [-0.2, 0) is 7.05 Å². The minimum Gasteiger partial charge on any atom is -0.457 e. The molecule has 0 unspecified atom stereocenters. The predicted octanol–water partition coefficient (Wildman–Crippen LogP) is 4.21. The summed E-state index contributed by atoms with van der Waals surface area (Å²) in [5.74, 6) is 1.32. The molecular weight excluding hydrogens is 364 g/mol. The summed E-state index contributed by atoms with van der Waals surface area (Å²) in [7, 11) is 1.72. The molecular formula is C23H18N4O2. The molecule has 0 aliphatic rings. The quantitative estimate of drug-likeness (QED) is 0.530. The van der Waals surface area contributed by atoms with Crippen LogP contribution in [0.4, 0.5) is 0 Å². The molecule has 2 aromatic heterocycles. The van der Waals surface area contributed by atoms with Crippen molar-refractivity contribution in [1.29, 1.82) is 5.26 Å². The Labute approximate surface area is 167 Å². The molecule has 0 saturated carbocycles. The van der Waals surface area contributed by atoms with Crippen molar-refractivity contribution in [3.8, 4) is 34.4 Å². The summed E-state index contributed by atoms with van der Waals surface area (Å²) < 4.78 is 9.09.